The van der Waals surface area contributed by atoms with E-state index in [2.05, 4.69) is 4.98 Å². The molecule has 0 amide bonds. The van der Waals surface area contributed by atoms with Gasteiger partial charge in [0.25, 0.3) is 0 Å². The third-order valence-electron chi connectivity index (χ3n) is 2.61. The molecule has 0 aliphatic rings. The highest BCUT2D eigenvalue weighted by Crippen LogP contribution is 2.12. The molecule has 0 aliphatic heterocycles. The van der Waals surface area contributed by atoms with Crippen LogP contribution in [0.25, 0.3) is 10.9 Å². The van der Waals surface area contributed by atoms with Crippen molar-refractivity contribution in [1.82, 2.24) is 9.55 Å². The van der Waals surface area contributed by atoms with E-state index in [1.54, 1.807) is 36.0 Å². The molecule has 5 nitrogen and oxygen atoms in total. The maximum Gasteiger partial charge on any atom is 0.422 e. The van der Waals surface area contributed by atoms with Gasteiger partial charge in [-0.15, -0.1) is 11.3 Å². The Labute approximate surface area is 105 Å². The molecule has 1 aromatic carbocycles. The van der Waals surface area contributed by atoms with E-state index < -0.39 is 11.4 Å². The lowest BCUT2D eigenvalue weighted by molar-refractivity contribution is 0.425. The summed E-state index contributed by atoms with van der Waals surface area (Å²) < 4.78 is 6.14. The van der Waals surface area contributed by atoms with Gasteiger partial charge in [0.15, 0.2) is 0 Å². The number of rotatable bonds is 2. The predicted molar refractivity (Wildman–Crippen MR) is 68.0 cm³/mol. The van der Waals surface area contributed by atoms with Crippen LogP contribution in [0.2, 0.25) is 0 Å². The van der Waals surface area contributed by atoms with Crippen molar-refractivity contribution < 1.29 is 4.42 Å². The van der Waals surface area contributed by atoms with Crippen molar-refractivity contribution in [3.05, 3.63) is 61.8 Å². The van der Waals surface area contributed by atoms with Gasteiger partial charge in [-0.3, -0.25) is 9.55 Å². The lowest BCUT2D eigenvalue weighted by Gasteiger charge is -2.06. The van der Waals surface area contributed by atoms with Crippen molar-refractivity contribution >= 4 is 22.2 Å². The van der Waals surface area contributed by atoms with Gasteiger partial charge in [-0.25, -0.2) is 9.59 Å². The van der Waals surface area contributed by atoms with Gasteiger partial charge < -0.3 is 4.42 Å². The molecule has 0 N–H and O–H groups in total. The lowest BCUT2D eigenvalue weighted by Crippen LogP contribution is -2.25. The van der Waals surface area contributed by atoms with Crippen LogP contribution in [-0.4, -0.2) is 9.55 Å². The minimum Gasteiger partial charge on any atom is -0.372 e. The maximum absolute atomic E-state index is 11.8. The molecule has 0 bridgehead atoms. The third-order valence-corrected chi connectivity index (χ3v) is 3.38. The summed E-state index contributed by atoms with van der Waals surface area (Å²) >= 11 is 1.45. The minimum absolute atomic E-state index is 0.355. The number of thiazole rings is 1. The number of fused-ring (bicyclic) bond motifs is 1. The second-order valence-corrected chi connectivity index (χ2v) is 4.70. The first-order valence-electron chi connectivity index (χ1n) is 5.26. The highest BCUT2D eigenvalue weighted by atomic mass is 32.1. The monoisotopic (exact) mass is 260 g/mol. The SMILES string of the molecule is O=c1oc(=O)n(Cc2cncs2)c2ccccc12. The normalized spacial score (nSPS) is 10.9. The summed E-state index contributed by atoms with van der Waals surface area (Å²) in [6.45, 7) is 0.355. The first kappa shape index (κ1) is 10.9. The Morgan fingerprint density at radius 3 is 2.89 bits per heavy atom. The Bertz CT molecular complexity index is 802. The summed E-state index contributed by atoms with van der Waals surface area (Å²) in [6.07, 6.45) is 1.69. The highest BCUT2D eigenvalue weighted by Gasteiger charge is 2.09. The molecule has 0 atom stereocenters. The van der Waals surface area contributed by atoms with Gasteiger partial charge in [0.05, 0.1) is 23.0 Å². The average Bonchev–Trinajstić information content (AvgIpc) is 2.87. The zero-order chi connectivity index (χ0) is 12.5. The first-order chi connectivity index (χ1) is 8.75. The van der Waals surface area contributed by atoms with E-state index in [0.29, 0.717) is 17.4 Å². The fourth-order valence-electron chi connectivity index (χ4n) is 1.80. The summed E-state index contributed by atoms with van der Waals surface area (Å²) in [5.41, 5.74) is 1.67. The van der Waals surface area contributed by atoms with Crippen LogP contribution in [0.5, 0.6) is 0 Å². The van der Waals surface area contributed by atoms with E-state index in [0.717, 1.165) is 4.88 Å². The van der Waals surface area contributed by atoms with Crippen LogP contribution < -0.4 is 11.4 Å². The van der Waals surface area contributed by atoms with Crippen molar-refractivity contribution in [2.45, 2.75) is 6.54 Å². The number of aromatic nitrogens is 2. The molecular formula is C12H8N2O3S. The fourth-order valence-corrected chi connectivity index (χ4v) is 2.38. The molecule has 90 valence electrons. The Morgan fingerprint density at radius 1 is 1.28 bits per heavy atom. The van der Waals surface area contributed by atoms with E-state index in [9.17, 15) is 9.59 Å². The van der Waals surface area contributed by atoms with Crippen LogP contribution in [0.3, 0.4) is 0 Å². The molecule has 0 aliphatic carbocycles. The van der Waals surface area contributed by atoms with Crippen molar-refractivity contribution in [3.8, 4) is 0 Å². The largest absolute Gasteiger partial charge is 0.422 e. The average molecular weight is 260 g/mol. The topological polar surface area (TPSA) is 65.1 Å². The molecule has 0 saturated carbocycles. The number of hydrogen-bond acceptors (Lipinski definition) is 5. The van der Waals surface area contributed by atoms with E-state index in [1.165, 1.54) is 15.9 Å². The van der Waals surface area contributed by atoms with Crippen molar-refractivity contribution in [3.63, 3.8) is 0 Å². The fraction of sp³-hybridized carbons (Fsp3) is 0.0833. The Balaban J connectivity index is 2.28. The summed E-state index contributed by atoms with van der Waals surface area (Å²) in [4.78, 5) is 28.2. The maximum atomic E-state index is 11.8. The molecule has 0 fully saturated rings. The van der Waals surface area contributed by atoms with Gasteiger partial charge in [-0.2, -0.15) is 0 Å². The molecule has 0 spiro atoms. The molecule has 0 saturated heterocycles. The lowest BCUT2D eigenvalue weighted by atomic mass is 10.2. The predicted octanol–water partition coefficient (Wildman–Crippen LogP) is 1.46. The number of hydrogen-bond donors (Lipinski definition) is 0. The molecule has 3 aromatic rings. The van der Waals surface area contributed by atoms with Crippen molar-refractivity contribution in [1.29, 1.82) is 0 Å². The number of benzene rings is 1. The number of para-hydroxylation sites is 1. The van der Waals surface area contributed by atoms with Crippen molar-refractivity contribution in [2.24, 2.45) is 0 Å². The Kier molecular flexibility index (Phi) is 2.56. The van der Waals surface area contributed by atoms with Crippen LogP contribution in [0.4, 0.5) is 0 Å². The van der Waals surface area contributed by atoms with Gasteiger partial charge in [0.1, 0.15) is 0 Å². The second-order valence-electron chi connectivity index (χ2n) is 3.73. The molecule has 3 rings (SSSR count). The Hall–Kier alpha value is -2.21. The van der Waals surface area contributed by atoms with Crippen LogP contribution in [-0.2, 0) is 6.54 Å². The quantitative estimate of drug-likeness (QED) is 0.699. The molecular weight excluding hydrogens is 252 g/mol. The third kappa shape index (κ3) is 1.76. The zero-order valence-corrected chi connectivity index (χ0v) is 10.0. The summed E-state index contributed by atoms with van der Waals surface area (Å²) in [5.74, 6) is -0.646. The van der Waals surface area contributed by atoms with E-state index in [-0.39, 0.29) is 0 Å². The van der Waals surface area contributed by atoms with Crippen LogP contribution in [0, 0.1) is 0 Å². The molecule has 0 radical (unpaired) electrons. The molecule has 2 aromatic heterocycles. The highest BCUT2D eigenvalue weighted by molar-refractivity contribution is 7.09. The Morgan fingerprint density at radius 2 is 2.11 bits per heavy atom. The van der Waals surface area contributed by atoms with Gasteiger partial charge in [0.2, 0.25) is 0 Å². The van der Waals surface area contributed by atoms with Crippen molar-refractivity contribution in [2.75, 3.05) is 0 Å². The zero-order valence-electron chi connectivity index (χ0n) is 9.20. The van der Waals surface area contributed by atoms with Gasteiger partial charge in [0, 0.05) is 11.1 Å². The van der Waals surface area contributed by atoms with Crippen LogP contribution >= 0.6 is 11.3 Å². The molecule has 18 heavy (non-hydrogen) atoms. The summed E-state index contributed by atoms with van der Waals surface area (Å²) in [5, 5.41) is 0.404. The van der Waals surface area contributed by atoms with Crippen LogP contribution in [0.1, 0.15) is 4.88 Å². The van der Waals surface area contributed by atoms with Gasteiger partial charge in [-0.05, 0) is 12.1 Å². The van der Waals surface area contributed by atoms with E-state index in [4.69, 9.17) is 4.42 Å². The van der Waals surface area contributed by atoms with E-state index >= 15 is 0 Å². The minimum atomic E-state index is -0.646. The smallest absolute Gasteiger partial charge is 0.372 e. The van der Waals surface area contributed by atoms with Crippen LogP contribution in [0.15, 0.2) is 50.0 Å². The van der Waals surface area contributed by atoms with E-state index in [1.807, 2.05) is 0 Å². The summed E-state index contributed by atoms with van der Waals surface area (Å²) in [6, 6.07) is 6.89. The van der Waals surface area contributed by atoms with Gasteiger partial charge >= 0.3 is 11.4 Å². The molecule has 0 unspecified atom stereocenters. The summed E-state index contributed by atoms with van der Waals surface area (Å²) in [7, 11) is 0. The number of nitrogens with zero attached hydrogens (tertiary/aromatic N) is 2. The molecule has 2 heterocycles. The second kappa shape index (κ2) is 4.23. The standard InChI is InChI=1S/C12H8N2O3S/c15-11-9-3-1-2-4-10(9)14(12(16)17-11)6-8-5-13-7-18-8/h1-5,7H,6H2. The first-order valence-corrected chi connectivity index (χ1v) is 6.14. The molecule has 6 heteroatoms. The van der Waals surface area contributed by atoms with Gasteiger partial charge in [-0.1, -0.05) is 12.1 Å².